The van der Waals surface area contributed by atoms with Crippen LogP contribution in [0.4, 0.5) is 10.5 Å². The normalized spacial score (nSPS) is 18.8. The topological polar surface area (TPSA) is 122 Å². The van der Waals surface area contributed by atoms with E-state index in [0.29, 0.717) is 5.69 Å². The zero-order valence-electron chi connectivity index (χ0n) is 17.6. The second-order valence-corrected chi connectivity index (χ2v) is 10.2. The maximum atomic E-state index is 12.3. The number of amides is 2. The molecule has 2 amide bonds. The van der Waals surface area contributed by atoms with Crippen LogP contribution in [0, 0.1) is 11.8 Å². The smallest absolute Gasteiger partial charge is 0.414 e. The van der Waals surface area contributed by atoms with Crippen molar-refractivity contribution < 1.29 is 32.7 Å². The number of ether oxygens (including phenoxy) is 2. The van der Waals surface area contributed by atoms with Gasteiger partial charge in [-0.2, -0.15) is 0 Å². The highest BCUT2D eigenvalue weighted by Crippen LogP contribution is 2.30. The van der Waals surface area contributed by atoms with Crippen LogP contribution in [0.2, 0.25) is 0 Å². The molecule has 0 radical (unpaired) electrons. The van der Waals surface area contributed by atoms with Crippen molar-refractivity contribution in [3.05, 3.63) is 29.8 Å². The molecule has 164 valence electrons. The van der Waals surface area contributed by atoms with Crippen LogP contribution in [-0.2, 0) is 24.1 Å². The van der Waals surface area contributed by atoms with Gasteiger partial charge in [0.2, 0.25) is 0 Å². The maximum absolute atomic E-state index is 12.3. The van der Waals surface area contributed by atoms with E-state index in [9.17, 15) is 18.0 Å². The Hall–Kier alpha value is -2.61. The lowest BCUT2D eigenvalue weighted by Gasteiger charge is -2.26. The molecule has 1 heterocycles. The summed E-state index contributed by atoms with van der Waals surface area (Å²) >= 11 is 0. The highest BCUT2D eigenvalue weighted by Gasteiger charge is 2.48. The minimum atomic E-state index is -3.90. The highest BCUT2D eigenvalue weighted by atomic mass is 32.2. The second kappa shape index (κ2) is 8.63. The van der Waals surface area contributed by atoms with Crippen LogP contribution in [0.25, 0.3) is 0 Å². The number of cyclic esters (lactones) is 1. The fourth-order valence-electron chi connectivity index (χ4n) is 2.80. The molecule has 2 N–H and O–H groups in total. The van der Waals surface area contributed by atoms with E-state index in [1.54, 1.807) is 31.4 Å². The molecule has 0 bridgehead atoms. The molecule has 2 rings (SSSR count). The van der Waals surface area contributed by atoms with Gasteiger partial charge in [-0.1, -0.05) is 11.8 Å². The van der Waals surface area contributed by atoms with Crippen molar-refractivity contribution in [3.8, 4) is 11.8 Å². The molecule has 1 fully saturated rings. The highest BCUT2D eigenvalue weighted by molar-refractivity contribution is 7.92. The van der Waals surface area contributed by atoms with Crippen LogP contribution >= 0.6 is 0 Å². The number of sulfone groups is 1. The average Bonchev–Trinajstić information content (AvgIpc) is 3.05. The number of benzene rings is 1. The number of anilines is 1. The summed E-state index contributed by atoms with van der Waals surface area (Å²) in [5, 5.41) is 8.92. The zero-order chi connectivity index (χ0) is 22.7. The molecule has 10 heteroatoms. The van der Waals surface area contributed by atoms with Gasteiger partial charge in [-0.25, -0.2) is 18.7 Å². The van der Waals surface area contributed by atoms with Gasteiger partial charge in [0.05, 0.1) is 6.54 Å². The third-order valence-corrected chi connectivity index (χ3v) is 7.08. The molecule has 1 aliphatic rings. The van der Waals surface area contributed by atoms with Gasteiger partial charge in [-0.3, -0.25) is 14.9 Å². The van der Waals surface area contributed by atoms with Crippen LogP contribution < -0.4 is 10.4 Å². The van der Waals surface area contributed by atoms with Gasteiger partial charge in [-0.15, -0.1) is 0 Å². The lowest BCUT2D eigenvalue weighted by atomic mass is 10.0. The first-order valence-electron chi connectivity index (χ1n) is 9.13. The minimum absolute atomic E-state index is 0.0599. The number of nitrogens with one attached hydrogen (secondary N) is 1. The van der Waals surface area contributed by atoms with Crippen LogP contribution in [0.15, 0.2) is 24.3 Å². The Kier molecular flexibility index (Phi) is 6.81. The molecule has 30 heavy (non-hydrogen) atoms. The first-order chi connectivity index (χ1) is 13.8. The minimum Gasteiger partial charge on any atom is -0.444 e. The summed E-state index contributed by atoms with van der Waals surface area (Å²) in [6, 6.07) is 6.89. The lowest BCUT2D eigenvalue weighted by Crippen LogP contribution is -2.51. The number of rotatable bonds is 6. The predicted octanol–water partition coefficient (Wildman–Crippen LogP) is 1.49. The molecule has 0 spiro atoms. The van der Waals surface area contributed by atoms with E-state index in [4.69, 9.17) is 14.7 Å². The molecular formula is C20H26N2O7S. The zero-order valence-corrected chi connectivity index (χ0v) is 18.4. The number of nitrogens with zero attached hydrogens (tertiary/aromatic N) is 1. The first-order valence-corrected chi connectivity index (χ1v) is 11.0. The average molecular weight is 439 g/mol. The van der Waals surface area contributed by atoms with Crippen molar-refractivity contribution >= 4 is 27.5 Å². The van der Waals surface area contributed by atoms with Crippen LogP contribution in [0.5, 0.6) is 0 Å². The van der Waals surface area contributed by atoms with Crippen molar-refractivity contribution in [1.82, 2.24) is 5.48 Å². The predicted molar refractivity (Wildman–Crippen MR) is 110 cm³/mol. The Morgan fingerprint density at radius 3 is 2.43 bits per heavy atom. The monoisotopic (exact) mass is 438 g/mol. The molecular weight excluding hydrogens is 412 g/mol. The van der Waals surface area contributed by atoms with E-state index in [1.807, 2.05) is 13.8 Å². The summed E-state index contributed by atoms with van der Waals surface area (Å²) in [4.78, 5) is 25.6. The first kappa shape index (κ1) is 23.7. The van der Waals surface area contributed by atoms with Gasteiger partial charge in [0.1, 0.15) is 11.7 Å². The molecule has 1 aliphatic heterocycles. The number of hydroxylamine groups is 1. The Balaban J connectivity index is 2.17. The summed E-state index contributed by atoms with van der Waals surface area (Å²) in [5.41, 5.74) is 2.08. The summed E-state index contributed by atoms with van der Waals surface area (Å²) in [5.74, 6) is 4.91. The Morgan fingerprint density at radius 1 is 1.33 bits per heavy atom. The van der Waals surface area contributed by atoms with E-state index < -0.39 is 38.3 Å². The van der Waals surface area contributed by atoms with Crippen molar-refractivity contribution in [3.63, 3.8) is 0 Å². The van der Waals surface area contributed by atoms with Gasteiger partial charge in [0, 0.05) is 31.0 Å². The van der Waals surface area contributed by atoms with Gasteiger partial charge in [0.15, 0.2) is 14.6 Å². The van der Waals surface area contributed by atoms with Crippen LogP contribution in [-0.4, -0.2) is 62.0 Å². The third kappa shape index (κ3) is 5.11. The number of carbonyl (C=O) groups excluding carboxylic acids is 2. The summed E-state index contributed by atoms with van der Waals surface area (Å²) < 4.78 is 32.8. The molecule has 0 aliphatic carbocycles. The van der Waals surface area contributed by atoms with Crippen LogP contribution in [0.1, 0.15) is 32.8 Å². The van der Waals surface area contributed by atoms with Gasteiger partial charge >= 0.3 is 6.09 Å². The second-order valence-electron chi connectivity index (χ2n) is 7.78. The molecule has 1 aromatic rings. The summed E-state index contributed by atoms with van der Waals surface area (Å²) in [6.07, 6.45) is -0.909. The van der Waals surface area contributed by atoms with Gasteiger partial charge in [0.25, 0.3) is 5.91 Å². The van der Waals surface area contributed by atoms with E-state index in [0.717, 1.165) is 11.8 Å². The Morgan fingerprint density at radius 2 is 1.93 bits per heavy atom. The van der Waals surface area contributed by atoms with Crippen molar-refractivity contribution in [2.24, 2.45) is 0 Å². The molecule has 0 unspecified atom stereocenters. The molecule has 2 atom stereocenters. The number of carbonyl (C=O) groups is 2. The Bertz CT molecular complexity index is 977. The van der Waals surface area contributed by atoms with Crippen LogP contribution in [0.3, 0.4) is 0 Å². The molecule has 0 saturated carbocycles. The van der Waals surface area contributed by atoms with E-state index in [-0.39, 0.29) is 13.0 Å². The van der Waals surface area contributed by atoms with Gasteiger partial charge < -0.3 is 9.47 Å². The molecule has 9 nitrogen and oxygen atoms in total. The van der Waals surface area contributed by atoms with E-state index in [2.05, 4.69) is 11.8 Å². The fraction of sp³-hybridized carbons (Fsp3) is 0.500. The largest absolute Gasteiger partial charge is 0.444 e. The standard InChI is InChI=1S/C20H26N2O7S/c1-19(2,28-4)11-10-14-6-8-15(9-7-14)22-13-16(29-18(22)24)12-20(3,17(23)21-25)30(5,26)27/h6-9,16,25H,12-13H2,1-5H3,(H,21,23)/t16-,20+/m0/s1. The van der Waals surface area contributed by atoms with Gasteiger partial charge in [-0.05, 0) is 45.0 Å². The molecule has 0 aromatic heterocycles. The Labute approximate surface area is 176 Å². The number of methoxy groups -OCH3 is 1. The number of hydrogen-bond acceptors (Lipinski definition) is 7. The van der Waals surface area contributed by atoms with E-state index >= 15 is 0 Å². The van der Waals surface area contributed by atoms with Crippen molar-refractivity contribution in [2.75, 3.05) is 24.8 Å². The van der Waals surface area contributed by atoms with Crippen molar-refractivity contribution in [2.45, 2.75) is 43.6 Å². The van der Waals surface area contributed by atoms with Crippen molar-refractivity contribution in [1.29, 1.82) is 0 Å². The maximum Gasteiger partial charge on any atom is 0.414 e. The summed E-state index contributed by atoms with van der Waals surface area (Å²) in [7, 11) is -2.32. The fourth-order valence-corrected chi connectivity index (χ4v) is 3.67. The number of hydrogen-bond donors (Lipinski definition) is 2. The molecule has 1 aromatic carbocycles. The quantitative estimate of drug-likeness (QED) is 0.392. The SMILES string of the molecule is COC(C)(C)C#Cc1ccc(N2C[C@H](C[C@](C)(C(=O)NO)S(C)(=O)=O)OC2=O)cc1. The lowest BCUT2D eigenvalue weighted by molar-refractivity contribution is -0.132. The van der Waals surface area contributed by atoms with E-state index in [1.165, 1.54) is 17.3 Å². The third-order valence-electron chi connectivity index (χ3n) is 5.09. The summed E-state index contributed by atoms with van der Waals surface area (Å²) in [6.45, 7) is 4.93. The molecule has 1 saturated heterocycles.